The molecule has 1 saturated carbocycles. The largest absolute Gasteiger partial charge is 0.352 e. The summed E-state index contributed by atoms with van der Waals surface area (Å²) in [6.45, 7) is 4.39. The van der Waals surface area contributed by atoms with Gasteiger partial charge in [-0.15, -0.1) is 0 Å². The molecular weight excluding hydrogens is 406 g/mol. The number of hydrogen-bond donors (Lipinski definition) is 1. The Bertz CT molecular complexity index is 932. The third-order valence-corrected chi connectivity index (χ3v) is 6.12. The number of carbonyl (C=O) groups excluding carboxylic acids is 1. The van der Waals surface area contributed by atoms with E-state index >= 15 is 0 Å². The Morgan fingerprint density at radius 2 is 1.93 bits per heavy atom. The van der Waals surface area contributed by atoms with Gasteiger partial charge in [-0.2, -0.15) is 0 Å². The molecule has 1 aromatic heterocycles. The number of fused-ring (bicyclic) bond motifs is 1. The molecule has 1 heterocycles. The fourth-order valence-electron chi connectivity index (χ4n) is 4.12. The van der Waals surface area contributed by atoms with Gasteiger partial charge in [0.05, 0.1) is 21.8 Å². The van der Waals surface area contributed by atoms with Gasteiger partial charge in [-0.05, 0) is 67.9 Å². The number of allylic oxidation sites excluding steroid dienone is 2. The number of pyridine rings is 1. The summed E-state index contributed by atoms with van der Waals surface area (Å²) in [6, 6.07) is 7.37. The van der Waals surface area contributed by atoms with Gasteiger partial charge in [0.15, 0.2) is 0 Å². The van der Waals surface area contributed by atoms with Crippen molar-refractivity contribution in [3.8, 4) is 0 Å². The predicted octanol–water partition coefficient (Wildman–Crippen LogP) is 7.04. The molecule has 0 atom stereocenters. The van der Waals surface area contributed by atoms with Crippen molar-refractivity contribution in [2.24, 2.45) is 5.92 Å². The number of alkyl halides is 2. The summed E-state index contributed by atoms with van der Waals surface area (Å²) in [5.74, 6) is -2.75. The highest BCUT2D eigenvalue weighted by molar-refractivity contribution is 6.35. The third kappa shape index (κ3) is 5.18. The average Bonchev–Trinajstić information content (AvgIpc) is 3.29. The highest BCUT2D eigenvalue weighted by Crippen LogP contribution is 2.36. The summed E-state index contributed by atoms with van der Waals surface area (Å²) in [7, 11) is 0. The Hall–Kier alpha value is -2.01. The molecule has 2 aromatic rings. The molecule has 0 bridgehead atoms. The second-order valence-corrected chi connectivity index (χ2v) is 8.22. The second kappa shape index (κ2) is 9.86. The minimum Gasteiger partial charge on any atom is -0.352 e. The van der Waals surface area contributed by atoms with Crippen molar-refractivity contribution < 1.29 is 13.6 Å². The van der Waals surface area contributed by atoms with E-state index in [9.17, 15) is 13.6 Å². The first-order valence-electron chi connectivity index (χ1n) is 10.9. The Morgan fingerprint density at radius 1 is 1.20 bits per heavy atom. The molecule has 2 aliphatic carbocycles. The van der Waals surface area contributed by atoms with Crippen LogP contribution in [-0.2, 0) is 0 Å². The van der Waals surface area contributed by atoms with Gasteiger partial charge in [-0.3, -0.25) is 4.79 Å². The molecule has 0 saturated heterocycles. The Kier molecular flexibility index (Phi) is 7.45. The molecule has 6 heteroatoms. The fraction of sp³-hybridized carbons (Fsp3) is 0.500. The number of aromatic nitrogens is 1. The number of hydrogen-bond acceptors (Lipinski definition) is 2. The zero-order valence-corrected chi connectivity index (χ0v) is 18.4. The average molecular weight is 435 g/mol. The zero-order valence-electron chi connectivity index (χ0n) is 17.6. The third-order valence-electron chi connectivity index (χ3n) is 5.81. The molecule has 30 heavy (non-hydrogen) atoms. The van der Waals surface area contributed by atoms with Gasteiger partial charge in [-0.1, -0.05) is 31.5 Å². The summed E-state index contributed by atoms with van der Waals surface area (Å²) >= 11 is 6.32. The molecule has 1 aromatic carbocycles. The smallest absolute Gasteiger partial charge is 0.253 e. The van der Waals surface area contributed by atoms with E-state index in [1.165, 1.54) is 5.57 Å². The lowest BCUT2D eigenvalue weighted by Crippen LogP contribution is -2.34. The minimum absolute atomic E-state index is 0.0800. The van der Waals surface area contributed by atoms with Crippen molar-refractivity contribution in [3.63, 3.8) is 0 Å². The minimum atomic E-state index is -2.56. The number of carbonyl (C=O) groups is 1. The van der Waals surface area contributed by atoms with Crippen LogP contribution in [-0.4, -0.2) is 23.4 Å². The molecule has 3 nitrogen and oxygen atoms in total. The fourth-order valence-corrected chi connectivity index (χ4v) is 4.37. The first-order chi connectivity index (χ1) is 14.4. The maximum Gasteiger partial charge on any atom is 0.253 e. The number of nitrogens with zero attached hydrogens (tertiary/aromatic N) is 1. The van der Waals surface area contributed by atoms with Crippen molar-refractivity contribution in [3.05, 3.63) is 46.6 Å². The van der Waals surface area contributed by atoms with Crippen molar-refractivity contribution in [2.45, 2.75) is 64.7 Å². The number of amides is 1. The standard InChI is InChI=1S/C22H23ClF2N2O.C2H6/c23-17-6-8-19-16(5-7-18(27-19)15-3-1-2-4-15)20(17)21(28)26-13-14-9-11-22(24,25)12-10-14;1-2/h3,5-8,14H,1-2,4,9-13H2,(H,26,28);1-2H3. The number of nitrogens with one attached hydrogen (secondary N) is 1. The van der Waals surface area contributed by atoms with Gasteiger partial charge < -0.3 is 5.32 Å². The van der Waals surface area contributed by atoms with Crippen LogP contribution >= 0.6 is 11.6 Å². The van der Waals surface area contributed by atoms with Crippen molar-refractivity contribution >= 4 is 34.0 Å². The van der Waals surface area contributed by atoms with Gasteiger partial charge in [-0.25, -0.2) is 13.8 Å². The lowest BCUT2D eigenvalue weighted by atomic mass is 9.87. The molecule has 0 aliphatic heterocycles. The van der Waals surface area contributed by atoms with Gasteiger partial charge in [0, 0.05) is 24.8 Å². The number of rotatable bonds is 4. The van der Waals surface area contributed by atoms with Crippen LogP contribution < -0.4 is 5.32 Å². The van der Waals surface area contributed by atoms with E-state index < -0.39 is 5.92 Å². The topological polar surface area (TPSA) is 42.0 Å². The summed E-state index contributed by atoms with van der Waals surface area (Å²) in [5, 5.41) is 3.97. The quantitative estimate of drug-likeness (QED) is 0.560. The monoisotopic (exact) mass is 434 g/mol. The van der Waals surface area contributed by atoms with E-state index in [0.717, 1.165) is 30.5 Å². The molecule has 162 valence electrons. The van der Waals surface area contributed by atoms with E-state index in [2.05, 4.69) is 11.4 Å². The maximum absolute atomic E-state index is 13.3. The molecule has 1 fully saturated rings. The van der Waals surface area contributed by atoms with Crippen LogP contribution in [0.25, 0.3) is 16.5 Å². The maximum atomic E-state index is 13.3. The lowest BCUT2D eigenvalue weighted by molar-refractivity contribution is -0.0452. The normalized spacial score (nSPS) is 18.5. The van der Waals surface area contributed by atoms with Crippen LogP contribution in [0.2, 0.25) is 5.02 Å². The molecular formula is C24H29ClF2N2O. The van der Waals surface area contributed by atoms with Crippen LogP contribution in [0.15, 0.2) is 30.3 Å². The van der Waals surface area contributed by atoms with Crippen LogP contribution in [0, 0.1) is 5.92 Å². The molecule has 4 rings (SSSR count). The Balaban J connectivity index is 0.00000124. The van der Waals surface area contributed by atoms with Gasteiger partial charge in [0.25, 0.3) is 5.91 Å². The molecule has 1 amide bonds. The van der Waals surface area contributed by atoms with Gasteiger partial charge in [0.1, 0.15) is 0 Å². The van der Waals surface area contributed by atoms with Crippen LogP contribution in [0.3, 0.4) is 0 Å². The van der Waals surface area contributed by atoms with Crippen LogP contribution in [0.1, 0.15) is 74.8 Å². The second-order valence-electron chi connectivity index (χ2n) is 7.82. The number of benzene rings is 1. The number of halogens is 3. The lowest BCUT2D eigenvalue weighted by Gasteiger charge is -2.28. The van der Waals surface area contributed by atoms with E-state index in [4.69, 9.17) is 16.6 Å². The summed E-state index contributed by atoms with van der Waals surface area (Å²) < 4.78 is 26.6. The first kappa shape index (κ1) is 22.7. The van der Waals surface area contributed by atoms with Crippen LogP contribution in [0.4, 0.5) is 8.78 Å². The van der Waals surface area contributed by atoms with Crippen LogP contribution in [0.5, 0.6) is 0 Å². The predicted molar refractivity (Wildman–Crippen MR) is 119 cm³/mol. The van der Waals surface area contributed by atoms with Gasteiger partial charge in [0.2, 0.25) is 5.92 Å². The van der Waals surface area contributed by atoms with E-state index in [1.54, 1.807) is 6.07 Å². The van der Waals surface area contributed by atoms with E-state index in [1.807, 2.05) is 32.0 Å². The van der Waals surface area contributed by atoms with Crippen molar-refractivity contribution in [1.29, 1.82) is 0 Å². The van der Waals surface area contributed by atoms with Crippen molar-refractivity contribution in [2.75, 3.05) is 6.54 Å². The molecule has 0 spiro atoms. The molecule has 2 aliphatic rings. The van der Waals surface area contributed by atoms with E-state index in [0.29, 0.717) is 35.4 Å². The summed E-state index contributed by atoms with van der Waals surface area (Å²) in [4.78, 5) is 17.5. The van der Waals surface area contributed by atoms with Gasteiger partial charge >= 0.3 is 0 Å². The van der Waals surface area contributed by atoms with E-state index in [-0.39, 0.29) is 24.7 Å². The molecule has 1 N–H and O–H groups in total. The first-order valence-corrected chi connectivity index (χ1v) is 11.3. The highest BCUT2D eigenvalue weighted by atomic mass is 35.5. The highest BCUT2D eigenvalue weighted by Gasteiger charge is 2.34. The molecule has 0 radical (unpaired) electrons. The Morgan fingerprint density at radius 3 is 2.60 bits per heavy atom. The summed E-state index contributed by atoms with van der Waals surface area (Å²) in [6.07, 6.45) is 6.11. The SMILES string of the molecule is CC.O=C(NCC1CCC(F)(F)CC1)c1c(Cl)ccc2nc(C3=CCCC3)ccc12. The Labute approximate surface area is 181 Å². The van der Waals surface area contributed by atoms with Crippen molar-refractivity contribution in [1.82, 2.24) is 10.3 Å². The summed E-state index contributed by atoms with van der Waals surface area (Å²) in [5.41, 5.74) is 3.33. The zero-order chi connectivity index (χ0) is 21.7. The molecule has 0 unspecified atom stereocenters.